The SMILES string of the molecule is CC(C)c1nnc(NC(=O)Cn2cc(CO)nn2)o1. The summed E-state index contributed by atoms with van der Waals surface area (Å²) in [6.45, 7) is 3.55. The van der Waals surface area contributed by atoms with E-state index in [2.05, 4.69) is 25.8 Å². The summed E-state index contributed by atoms with van der Waals surface area (Å²) < 4.78 is 6.55. The lowest BCUT2D eigenvalue weighted by atomic mass is 10.2. The van der Waals surface area contributed by atoms with Gasteiger partial charge in [-0.3, -0.25) is 10.1 Å². The van der Waals surface area contributed by atoms with Crippen molar-refractivity contribution in [1.29, 1.82) is 0 Å². The van der Waals surface area contributed by atoms with Gasteiger partial charge in [0, 0.05) is 5.92 Å². The minimum atomic E-state index is -0.367. The van der Waals surface area contributed by atoms with Crippen LogP contribution in [0.1, 0.15) is 31.4 Å². The molecule has 2 heterocycles. The van der Waals surface area contributed by atoms with Gasteiger partial charge in [-0.2, -0.15) is 0 Å². The van der Waals surface area contributed by atoms with Crippen LogP contribution in [0.15, 0.2) is 10.6 Å². The summed E-state index contributed by atoms with van der Waals surface area (Å²) >= 11 is 0. The Morgan fingerprint density at radius 1 is 1.47 bits per heavy atom. The fourth-order valence-electron chi connectivity index (χ4n) is 1.31. The van der Waals surface area contributed by atoms with E-state index in [0.717, 1.165) is 0 Å². The van der Waals surface area contributed by atoms with Crippen molar-refractivity contribution in [2.45, 2.75) is 32.9 Å². The van der Waals surface area contributed by atoms with Gasteiger partial charge >= 0.3 is 6.01 Å². The molecule has 2 rings (SSSR count). The molecule has 0 aromatic carbocycles. The van der Waals surface area contributed by atoms with E-state index in [-0.39, 0.29) is 31.0 Å². The van der Waals surface area contributed by atoms with Crippen molar-refractivity contribution in [2.24, 2.45) is 0 Å². The first-order valence-electron chi connectivity index (χ1n) is 5.71. The molecule has 0 atom stereocenters. The van der Waals surface area contributed by atoms with Crippen molar-refractivity contribution < 1.29 is 14.3 Å². The number of carbonyl (C=O) groups is 1. The van der Waals surface area contributed by atoms with Crippen LogP contribution < -0.4 is 5.32 Å². The van der Waals surface area contributed by atoms with Gasteiger partial charge in [0.15, 0.2) is 0 Å². The number of aliphatic hydroxyl groups excluding tert-OH is 1. The van der Waals surface area contributed by atoms with Crippen molar-refractivity contribution in [1.82, 2.24) is 25.2 Å². The van der Waals surface area contributed by atoms with Gasteiger partial charge in [-0.05, 0) is 0 Å². The molecular formula is C10H14N6O3. The van der Waals surface area contributed by atoms with E-state index >= 15 is 0 Å². The van der Waals surface area contributed by atoms with Gasteiger partial charge in [-0.1, -0.05) is 24.2 Å². The Hall–Kier alpha value is -2.29. The van der Waals surface area contributed by atoms with E-state index in [1.807, 2.05) is 13.8 Å². The second kappa shape index (κ2) is 5.57. The highest BCUT2D eigenvalue weighted by atomic mass is 16.4. The molecule has 2 N–H and O–H groups in total. The van der Waals surface area contributed by atoms with E-state index in [9.17, 15) is 4.79 Å². The number of nitrogens with one attached hydrogen (secondary N) is 1. The van der Waals surface area contributed by atoms with Gasteiger partial charge in [-0.15, -0.1) is 10.2 Å². The number of rotatable bonds is 5. The van der Waals surface area contributed by atoms with Crippen molar-refractivity contribution in [3.63, 3.8) is 0 Å². The van der Waals surface area contributed by atoms with E-state index < -0.39 is 0 Å². The molecule has 0 saturated carbocycles. The second-order valence-corrected chi connectivity index (χ2v) is 4.21. The molecule has 0 aliphatic carbocycles. The van der Waals surface area contributed by atoms with Gasteiger partial charge in [0.25, 0.3) is 0 Å². The fourth-order valence-corrected chi connectivity index (χ4v) is 1.31. The van der Waals surface area contributed by atoms with Crippen LogP contribution in [0.25, 0.3) is 0 Å². The average Bonchev–Trinajstić information content (AvgIpc) is 2.98. The van der Waals surface area contributed by atoms with Crippen LogP contribution in [-0.4, -0.2) is 36.2 Å². The minimum Gasteiger partial charge on any atom is -0.408 e. The first-order chi connectivity index (χ1) is 9.08. The molecule has 0 unspecified atom stereocenters. The lowest BCUT2D eigenvalue weighted by Crippen LogP contribution is -2.19. The van der Waals surface area contributed by atoms with Crippen LogP contribution in [-0.2, 0) is 17.9 Å². The summed E-state index contributed by atoms with van der Waals surface area (Å²) in [5, 5.41) is 26.1. The van der Waals surface area contributed by atoms with Crippen molar-refractivity contribution in [3.8, 4) is 0 Å². The first-order valence-corrected chi connectivity index (χ1v) is 5.71. The monoisotopic (exact) mass is 266 g/mol. The van der Waals surface area contributed by atoms with E-state index in [4.69, 9.17) is 9.52 Å². The molecule has 19 heavy (non-hydrogen) atoms. The molecular weight excluding hydrogens is 252 g/mol. The number of anilines is 1. The van der Waals surface area contributed by atoms with Gasteiger partial charge in [-0.25, -0.2) is 4.68 Å². The average molecular weight is 266 g/mol. The number of aliphatic hydroxyl groups is 1. The lowest BCUT2D eigenvalue weighted by Gasteiger charge is -2.00. The Morgan fingerprint density at radius 3 is 2.84 bits per heavy atom. The van der Waals surface area contributed by atoms with Crippen LogP contribution in [0.3, 0.4) is 0 Å². The third kappa shape index (κ3) is 3.35. The van der Waals surface area contributed by atoms with E-state index in [0.29, 0.717) is 11.6 Å². The van der Waals surface area contributed by atoms with Gasteiger partial charge < -0.3 is 9.52 Å². The molecule has 0 radical (unpaired) electrons. The fraction of sp³-hybridized carbons (Fsp3) is 0.500. The number of hydrogen-bond acceptors (Lipinski definition) is 7. The van der Waals surface area contributed by atoms with Crippen LogP contribution in [0.4, 0.5) is 6.01 Å². The molecule has 0 aliphatic rings. The summed E-state index contributed by atoms with van der Waals surface area (Å²) in [4.78, 5) is 11.7. The Labute approximate surface area is 108 Å². The molecule has 0 aliphatic heterocycles. The molecule has 102 valence electrons. The van der Waals surface area contributed by atoms with Crippen molar-refractivity contribution >= 4 is 11.9 Å². The Morgan fingerprint density at radius 2 is 2.26 bits per heavy atom. The second-order valence-electron chi connectivity index (χ2n) is 4.21. The maximum Gasteiger partial charge on any atom is 0.322 e. The lowest BCUT2D eigenvalue weighted by molar-refractivity contribution is -0.117. The molecule has 0 fully saturated rings. The zero-order chi connectivity index (χ0) is 13.8. The first kappa shape index (κ1) is 13.1. The molecule has 2 aromatic heterocycles. The Bertz CT molecular complexity index is 561. The zero-order valence-electron chi connectivity index (χ0n) is 10.6. The topological polar surface area (TPSA) is 119 Å². The number of amides is 1. The Kier molecular flexibility index (Phi) is 3.85. The molecule has 2 aromatic rings. The predicted molar refractivity (Wildman–Crippen MR) is 63.0 cm³/mol. The largest absolute Gasteiger partial charge is 0.408 e. The quantitative estimate of drug-likeness (QED) is 0.776. The van der Waals surface area contributed by atoms with E-state index in [1.165, 1.54) is 10.9 Å². The number of aromatic nitrogens is 5. The maximum atomic E-state index is 11.7. The molecule has 0 saturated heterocycles. The number of hydrogen-bond donors (Lipinski definition) is 2. The highest BCUT2D eigenvalue weighted by Crippen LogP contribution is 2.14. The van der Waals surface area contributed by atoms with Crippen LogP contribution in [0.5, 0.6) is 0 Å². The van der Waals surface area contributed by atoms with E-state index in [1.54, 1.807) is 0 Å². The van der Waals surface area contributed by atoms with Gasteiger partial charge in [0.2, 0.25) is 11.8 Å². The van der Waals surface area contributed by atoms with Crippen LogP contribution in [0, 0.1) is 0 Å². The molecule has 0 spiro atoms. The number of carbonyl (C=O) groups excluding carboxylic acids is 1. The van der Waals surface area contributed by atoms with Crippen LogP contribution in [0.2, 0.25) is 0 Å². The normalized spacial score (nSPS) is 10.9. The summed E-state index contributed by atoms with van der Waals surface area (Å²) in [5.41, 5.74) is 0.396. The zero-order valence-corrected chi connectivity index (χ0v) is 10.6. The smallest absolute Gasteiger partial charge is 0.322 e. The number of nitrogens with zero attached hydrogens (tertiary/aromatic N) is 5. The third-order valence-corrected chi connectivity index (χ3v) is 2.23. The summed E-state index contributed by atoms with van der Waals surface area (Å²) in [6.07, 6.45) is 1.48. The van der Waals surface area contributed by atoms with Crippen LogP contribution >= 0.6 is 0 Å². The summed E-state index contributed by atoms with van der Waals surface area (Å²) in [7, 11) is 0. The summed E-state index contributed by atoms with van der Waals surface area (Å²) in [5.74, 6) is 0.188. The van der Waals surface area contributed by atoms with Gasteiger partial charge in [0.05, 0.1) is 12.8 Å². The minimum absolute atomic E-state index is 0.0492. The Balaban J connectivity index is 1.93. The van der Waals surface area contributed by atoms with Crippen molar-refractivity contribution in [2.75, 3.05) is 5.32 Å². The molecule has 1 amide bonds. The van der Waals surface area contributed by atoms with Gasteiger partial charge in [0.1, 0.15) is 12.2 Å². The summed E-state index contributed by atoms with van der Waals surface area (Å²) in [6, 6.07) is 0.0520. The van der Waals surface area contributed by atoms with Crippen molar-refractivity contribution in [3.05, 3.63) is 17.8 Å². The highest BCUT2D eigenvalue weighted by molar-refractivity contribution is 5.88. The highest BCUT2D eigenvalue weighted by Gasteiger charge is 2.12. The third-order valence-electron chi connectivity index (χ3n) is 2.23. The maximum absolute atomic E-state index is 11.7. The molecule has 9 nitrogen and oxygen atoms in total. The molecule has 0 bridgehead atoms. The predicted octanol–water partition coefficient (Wildman–Crippen LogP) is -0.0845. The molecule has 9 heteroatoms. The standard InChI is InChI=1S/C10H14N6O3/c1-6(2)9-13-14-10(19-9)11-8(18)4-16-3-7(5-17)12-15-16/h3,6,17H,4-5H2,1-2H3,(H,11,14,18).